The van der Waals surface area contributed by atoms with Crippen LogP contribution in [0.1, 0.15) is 22.1 Å². The number of nitrogens with one attached hydrogen (secondary N) is 1. The molecule has 0 saturated heterocycles. The van der Waals surface area contributed by atoms with Crippen molar-refractivity contribution in [2.75, 3.05) is 5.32 Å². The predicted octanol–water partition coefficient (Wildman–Crippen LogP) is 2.24. The van der Waals surface area contributed by atoms with Crippen LogP contribution in [0.2, 0.25) is 0 Å². The first-order chi connectivity index (χ1) is 10.1. The molecule has 2 heterocycles. The number of para-hydroxylation sites is 1. The monoisotopic (exact) mass is 284 g/mol. The summed E-state index contributed by atoms with van der Waals surface area (Å²) >= 11 is 0. The number of pyridine rings is 1. The highest BCUT2D eigenvalue weighted by molar-refractivity contribution is 6.04. The first-order valence-electron chi connectivity index (χ1n) is 6.29. The molecule has 0 fully saturated rings. The molecule has 2 N–H and O–H groups in total. The van der Waals surface area contributed by atoms with E-state index in [1.54, 1.807) is 6.92 Å². The standard InChI is InChI=1S/C14H12N4O3/c1-8-17-12(21-18-8)7-16-13-9-4-2-3-5-11(9)15-6-10(13)14(19)20/h2-6H,7H2,1H3,(H,15,16)(H,19,20). The lowest BCUT2D eigenvalue weighted by atomic mass is 10.1. The Hall–Kier alpha value is -2.96. The zero-order valence-corrected chi connectivity index (χ0v) is 11.2. The molecule has 3 rings (SSSR count). The highest BCUT2D eigenvalue weighted by atomic mass is 16.5. The number of nitrogens with zero attached hydrogens (tertiary/aromatic N) is 3. The van der Waals surface area contributed by atoms with E-state index in [0.717, 1.165) is 5.39 Å². The number of fused-ring (bicyclic) bond motifs is 1. The van der Waals surface area contributed by atoms with Crippen LogP contribution in [0.4, 0.5) is 5.69 Å². The Kier molecular flexibility index (Phi) is 3.23. The molecule has 7 heteroatoms. The number of anilines is 1. The molecule has 7 nitrogen and oxygen atoms in total. The van der Waals surface area contributed by atoms with Gasteiger partial charge in [-0.1, -0.05) is 23.4 Å². The van der Waals surface area contributed by atoms with Gasteiger partial charge in [0.05, 0.1) is 17.7 Å². The van der Waals surface area contributed by atoms with Gasteiger partial charge in [0.25, 0.3) is 0 Å². The van der Waals surface area contributed by atoms with Crippen molar-refractivity contribution < 1.29 is 14.4 Å². The van der Waals surface area contributed by atoms with Crippen molar-refractivity contribution in [2.24, 2.45) is 0 Å². The Morgan fingerprint density at radius 3 is 2.90 bits per heavy atom. The van der Waals surface area contributed by atoms with Crippen molar-refractivity contribution in [2.45, 2.75) is 13.5 Å². The van der Waals surface area contributed by atoms with Crippen molar-refractivity contribution in [1.82, 2.24) is 15.1 Å². The Bertz CT molecular complexity index is 813. The fourth-order valence-corrected chi connectivity index (χ4v) is 2.07. The van der Waals surface area contributed by atoms with Crippen molar-refractivity contribution in [3.63, 3.8) is 0 Å². The topological polar surface area (TPSA) is 101 Å². The van der Waals surface area contributed by atoms with Gasteiger partial charge in [0.2, 0.25) is 5.89 Å². The van der Waals surface area contributed by atoms with Gasteiger partial charge in [0, 0.05) is 11.6 Å². The van der Waals surface area contributed by atoms with Gasteiger partial charge in [-0.15, -0.1) is 0 Å². The van der Waals surface area contributed by atoms with Gasteiger partial charge in [-0.2, -0.15) is 4.98 Å². The largest absolute Gasteiger partial charge is 0.478 e. The second-order valence-corrected chi connectivity index (χ2v) is 4.46. The third kappa shape index (κ3) is 2.53. The van der Waals surface area contributed by atoms with Crippen molar-refractivity contribution in [3.05, 3.63) is 47.7 Å². The number of hydrogen-bond acceptors (Lipinski definition) is 6. The first-order valence-corrected chi connectivity index (χ1v) is 6.29. The number of rotatable bonds is 4. The summed E-state index contributed by atoms with van der Waals surface area (Å²) in [6.07, 6.45) is 1.34. The van der Waals surface area contributed by atoms with E-state index in [4.69, 9.17) is 4.52 Å². The van der Waals surface area contributed by atoms with Crippen molar-refractivity contribution >= 4 is 22.6 Å². The number of benzene rings is 1. The van der Waals surface area contributed by atoms with E-state index in [1.807, 2.05) is 24.3 Å². The van der Waals surface area contributed by atoms with E-state index in [9.17, 15) is 9.90 Å². The van der Waals surface area contributed by atoms with Crippen LogP contribution in [0.3, 0.4) is 0 Å². The number of aryl methyl sites for hydroxylation is 1. The molecular weight excluding hydrogens is 272 g/mol. The maximum Gasteiger partial charge on any atom is 0.339 e. The van der Waals surface area contributed by atoms with E-state index < -0.39 is 5.97 Å². The molecule has 0 radical (unpaired) electrons. The second kappa shape index (κ2) is 5.20. The minimum absolute atomic E-state index is 0.102. The average molecular weight is 284 g/mol. The third-order valence-corrected chi connectivity index (χ3v) is 2.99. The van der Waals surface area contributed by atoms with Gasteiger partial charge in [-0.25, -0.2) is 4.79 Å². The molecular formula is C14H12N4O3. The minimum atomic E-state index is -1.04. The first kappa shape index (κ1) is 13.0. The Labute approximate surface area is 119 Å². The highest BCUT2D eigenvalue weighted by Gasteiger charge is 2.15. The van der Waals surface area contributed by atoms with Gasteiger partial charge in [0.1, 0.15) is 5.56 Å². The van der Waals surface area contributed by atoms with Crippen LogP contribution in [-0.4, -0.2) is 26.2 Å². The van der Waals surface area contributed by atoms with E-state index in [-0.39, 0.29) is 12.1 Å². The molecule has 0 amide bonds. The summed E-state index contributed by atoms with van der Waals surface area (Å²) in [5.74, 6) is -0.118. The molecule has 21 heavy (non-hydrogen) atoms. The summed E-state index contributed by atoms with van der Waals surface area (Å²) in [5, 5.41) is 16.8. The van der Waals surface area contributed by atoms with Crippen LogP contribution in [0.25, 0.3) is 10.9 Å². The SMILES string of the molecule is Cc1noc(CNc2c(C(=O)O)cnc3ccccc23)n1. The lowest BCUT2D eigenvalue weighted by Crippen LogP contribution is -2.08. The van der Waals surface area contributed by atoms with Gasteiger partial charge in [-0.3, -0.25) is 4.98 Å². The van der Waals surface area contributed by atoms with E-state index in [0.29, 0.717) is 22.9 Å². The van der Waals surface area contributed by atoms with Crippen LogP contribution in [0.15, 0.2) is 35.0 Å². The molecule has 2 aromatic heterocycles. The second-order valence-electron chi connectivity index (χ2n) is 4.46. The number of carboxylic acids is 1. The smallest absolute Gasteiger partial charge is 0.339 e. The van der Waals surface area contributed by atoms with Crippen molar-refractivity contribution in [3.8, 4) is 0 Å². The molecule has 0 unspecified atom stereocenters. The number of hydrogen-bond donors (Lipinski definition) is 2. The number of aromatic carboxylic acids is 1. The van der Waals surface area contributed by atoms with Gasteiger partial charge >= 0.3 is 5.97 Å². The van der Waals surface area contributed by atoms with Crippen LogP contribution in [-0.2, 0) is 6.54 Å². The van der Waals surface area contributed by atoms with Crippen molar-refractivity contribution in [1.29, 1.82) is 0 Å². The van der Waals surface area contributed by atoms with E-state index in [1.165, 1.54) is 6.20 Å². The average Bonchev–Trinajstić information content (AvgIpc) is 2.90. The Balaban J connectivity index is 2.01. The fraction of sp³-hybridized carbons (Fsp3) is 0.143. The maximum absolute atomic E-state index is 11.3. The molecule has 0 atom stereocenters. The summed E-state index contributed by atoms with van der Waals surface area (Å²) in [4.78, 5) is 19.6. The molecule has 0 bridgehead atoms. The zero-order chi connectivity index (χ0) is 14.8. The van der Waals surface area contributed by atoms with Gasteiger partial charge in [-0.05, 0) is 13.0 Å². The van der Waals surface area contributed by atoms with E-state index in [2.05, 4.69) is 20.4 Å². The maximum atomic E-state index is 11.3. The van der Waals surface area contributed by atoms with Crippen LogP contribution in [0, 0.1) is 6.92 Å². The highest BCUT2D eigenvalue weighted by Crippen LogP contribution is 2.26. The summed E-state index contributed by atoms with van der Waals surface area (Å²) in [6, 6.07) is 7.32. The predicted molar refractivity (Wildman–Crippen MR) is 75.1 cm³/mol. The summed E-state index contributed by atoms with van der Waals surface area (Å²) in [5.41, 5.74) is 1.31. The molecule has 3 aromatic rings. The van der Waals surface area contributed by atoms with Crippen LogP contribution < -0.4 is 5.32 Å². The van der Waals surface area contributed by atoms with Crippen LogP contribution in [0.5, 0.6) is 0 Å². The Morgan fingerprint density at radius 1 is 1.38 bits per heavy atom. The number of aromatic nitrogens is 3. The molecule has 0 aliphatic carbocycles. The number of carbonyl (C=O) groups is 1. The third-order valence-electron chi connectivity index (χ3n) is 2.99. The number of carboxylic acid groups (broad SMARTS) is 1. The van der Waals surface area contributed by atoms with E-state index >= 15 is 0 Å². The summed E-state index contributed by atoms with van der Waals surface area (Å²) < 4.78 is 5.01. The molecule has 0 saturated carbocycles. The lowest BCUT2D eigenvalue weighted by molar-refractivity contribution is 0.0697. The lowest BCUT2D eigenvalue weighted by Gasteiger charge is -2.10. The quantitative estimate of drug-likeness (QED) is 0.757. The van der Waals surface area contributed by atoms with Gasteiger partial charge in [0.15, 0.2) is 5.82 Å². The Morgan fingerprint density at radius 2 is 2.19 bits per heavy atom. The molecule has 0 aliphatic rings. The normalized spacial score (nSPS) is 10.7. The van der Waals surface area contributed by atoms with Crippen LogP contribution >= 0.6 is 0 Å². The van der Waals surface area contributed by atoms with Gasteiger partial charge < -0.3 is 14.9 Å². The fourth-order valence-electron chi connectivity index (χ4n) is 2.07. The molecule has 0 aliphatic heterocycles. The zero-order valence-electron chi connectivity index (χ0n) is 11.2. The molecule has 106 valence electrons. The minimum Gasteiger partial charge on any atom is -0.478 e. The summed E-state index contributed by atoms with van der Waals surface area (Å²) in [7, 11) is 0. The summed E-state index contributed by atoms with van der Waals surface area (Å²) in [6.45, 7) is 1.96. The molecule has 1 aromatic carbocycles. The molecule has 0 spiro atoms.